The SMILES string of the molecule is CCNc1nc(C)cc(N(CC)CC2CCC2)n1. The first-order chi connectivity index (χ1) is 8.72. The zero-order valence-corrected chi connectivity index (χ0v) is 11.7. The molecular formula is C14H24N4. The highest BCUT2D eigenvalue weighted by Gasteiger charge is 2.21. The van der Waals surface area contributed by atoms with Crippen LogP contribution in [0.2, 0.25) is 0 Å². The number of nitrogens with zero attached hydrogens (tertiary/aromatic N) is 3. The van der Waals surface area contributed by atoms with Crippen molar-refractivity contribution in [3.63, 3.8) is 0 Å². The minimum absolute atomic E-state index is 0.750. The lowest BCUT2D eigenvalue weighted by atomic mass is 9.85. The lowest BCUT2D eigenvalue weighted by Gasteiger charge is -2.32. The molecule has 1 aliphatic carbocycles. The monoisotopic (exact) mass is 248 g/mol. The Labute approximate surface area is 110 Å². The van der Waals surface area contributed by atoms with Crippen molar-refractivity contribution in [3.8, 4) is 0 Å². The second kappa shape index (κ2) is 6.03. The second-order valence-electron chi connectivity index (χ2n) is 5.06. The Kier molecular flexibility index (Phi) is 4.39. The predicted octanol–water partition coefficient (Wildman–Crippen LogP) is 2.84. The van der Waals surface area contributed by atoms with Gasteiger partial charge < -0.3 is 10.2 Å². The van der Waals surface area contributed by atoms with Crippen LogP contribution in [-0.4, -0.2) is 29.6 Å². The van der Waals surface area contributed by atoms with Gasteiger partial charge in [-0.1, -0.05) is 6.42 Å². The quantitative estimate of drug-likeness (QED) is 0.840. The summed E-state index contributed by atoms with van der Waals surface area (Å²) in [4.78, 5) is 11.4. The minimum atomic E-state index is 0.750. The average molecular weight is 248 g/mol. The van der Waals surface area contributed by atoms with E-state index >= 15 is 0 Å². The van der Waals surface area contributed by atoms with Crippen LogP contribution in [0.5, 0.6) is 0 Å². The normalized spacial score (nSPS) is 15.3. The lowest BCUT2D eigenvalue weighted by molar-refractivity contribution is 0.318. The number of aryl methyl sites for hydroxylation is 1. The molecule has 0 aliphatic heterocycles. The summed E-state index contributed by atoms with van der Waals surface area (Å²) in [6.45, 7) is 9.30. The molecule has 0 radical (unpaired) electrons. The fourth-order valence-electron chi connectivity index (χ4n) is 2.32. The number of anilines is 2. The first-order valence-corrected chi connectivity index (χ1v) is 7.07. The van der Waals surface area contributed by atoms with Crippen LogP contribution in [0.15, 0.2) is 6.07 Å². The number of hydrogen-bond donors (Lipinski definition) is 1. The van der Waals surface area contributed by atoms with Crippen LogP contribution in [0.4, 0.5) is 11.8 Å². The topological polar surface area (TPSA) is 41.1 Å². The zero-order chi connectivity index (χ0) is 13.0. The highest BCUT2D eigenvalue weighted by molar-refractivity contribution is 5.44. The van der Waals surface area contributed by atoms with Crippen molar-refractivity contribution in [2.45, 2.75) is 40.0 Å². The maximum Gasteiger partial charge on any atom is 0.224 e. The molecule has 100 valence electrons. The summed E-state index contributed by atoms with van der Waals surface area (Å²) < 4.78 is 0. The third kappa shape index (κ3) is 3.12. The van der Waals surface area contributed by atoms with Gasteiger partial charge in [-0.05, 0) is 39.5 Å². The third-order valence-corrected chi connectivity index (χ3v) is 3.58. The number of nitrogens with one attached hydrogen (secondary N) is 1. The number of hydrogen-bond acceptors (Lipinski definition) is 4. The summed E-state index contributed by atoms with van der Waals surface area (Å²) in [5, 5.41) is 3.20. The Morgan fingerprint density at radius 1 is 1.33 bits per heavy atom. The van der Waals surface area contributed by atoms with E-state index in [0.29, 0.717) is 0 Å². The molecule has 1 fully saturated rings. The molecule has 0 amide bonds. The van der Waals surface area contributed by atoms with Crippen molar-refractivity contribution in [1.29, 1.82) is 0 Å². The maximum absolute atomic E-state index is 4.61. The first-order valence-electron chi connectivity index (χ1n) is 7.07. The summed E-state index contributed by atoms with van der Waals surface area (Å²) in [7, 11) is 0. The summed E-state index contributed by atoms with van der Waals surface area (Å²) >= 11 is 0. The molecule has 1 aromatic heterocycles. The van der Waals surface area contributed by atoms with E-state index in [-0.39, 0.29) is 0 Å². The standard InChI is InChI=1S/C14H24N4/c1-4-15-14-16-11(3)9-13(17-14)18(5-2)10-12-7-6-8-12/h9,12H,4-8,10H2,1-3H3,(H,15,16,17). The zero-order valence-electron chi connectivity index (χ0n) is 11.7. The van der Waals surface area contributed by atoms with E-state index in [1.54, 1.807) is 0 Å². The van der Waals surface area contributed by atoms with Gasteiger partial charge >= 0.3 is 0 Å². The predicted molar refractivity (Wildman–Crippen MR) is 76.2 cm³/mol. The van der Waals surface area contributed by atoms with Gasteiger partial charge in [0.2, 0.25) is 5.95 Å². The summed E-state index contributed by atoms with van der Waals surface area (Å²) in [5.41, 5.74) is 1.03. The van der Waals surface area contributed by atoms with Crippen molar-refractivity contribution in [2.24, 2.45) is 5.92 Å². The molecule has 4 heteroatoms. The van der Waals surface area contributed by atoms with Crippen LogP contribution in [0.3, 0.4) is 0 Å². The highest BCUT2D eigenvalue weighted by atomic mass is 15.2. The highest BCUT2D eigenvalue weighted by Crippen LogP contribution is 2.28. The van der Waals surface area contributed by atoms with Gasteiger partial charge in [-0.3, -0.25) is 0 Å². The molecule has 1 N–H and O–H groups in total. The molecule has 2 rings (SSSR count). The molecule has 0 saturated heterocycles. The van der Waals surface area contributed by atoms with Crippen molar-refractivity contribution < 1.29 is 0 Å². The van der Waals surface area contributed by atoms with Gasteiger partial charge in [0.15, 0.2) is 0 Å². The van der Waals surface area contributed by atoms with Crippen LogP contribution in [-0.2, 0) is 0 Å². The lowest BCUT2D eigenvalue weighted by Crippen LogP contribution is -2.33. The van der Waals surface area contributed by atoms with Crippen LogP contribution >= 0.6 is 0 Å². The molecule has 0 atom stereocenters. The molecule has 1 heterocycles. The van der Waals surface area contributed by atoms with Crippen molar-refractivity contribution in [3.05, 3.63) is 11.8 Å². The van der Waals surface area contributed by atoms with E-state index in [1.807, 2.05) is 6.92 Å². The van der Waals surface area contributed by atoms with Gasteiger partial charge in [-0.15, -0.1) is 0 Å². The minimum Gasteiger partial charge on any atom is -0.356 e. The van der Waals surface area contributed by atoms with Gasteiger partial charge in [0.25, 0.3) is 0 Å². The van der Waals surface area contributed by atoms with E-state index in [2.05, 4.69) is 40.1 Å². The average Bonchev–Trinajstić information content (AvgIpc) is 2.27. The molecule has 4 nitrogen and oxygen atoms in total. The van der Waals surface area contributed by atoms with E-state index in [9.17, 15) is 0 Å². The van der Waals surface area contributed by atoms with E-state index in [0.717, 1.165) is 43.0 Å². The molecule has 1 aromatic rings. The van der Waals surface area contributed by atoms with E-state index < -0.39 is 0 Å². The summed E-state index contributed by atoms with van der Waals surface area (Å²) in [6.07, 6.45) is 4.15. The van der Waals surface area contributed by atoms with Crippen LogP contribution in [0.1, 0.15) is 38.8 Å². The fourth-order valence-corrected chi connectivity index (χ4v) is 2.32. The Balaban J connectivity index is 2.12. The molecule has 18 heavy (non-hydrogen) atoms. The van der Waals surface area contributed by atoms with Gasteiger partial charge in [0.1, 0.15) is 5.82 Å². The molecule has 0 bridgehead atoms. The van der Waals surface area contributed by atoms with Crippen molar-refractivity contribution in [1.82, 2.24) is 9.97 Å². The molecule has 0 unspecified atom stereocenters. The summed E-state index contributed by atoms with van der Waals surface area (Å²) in [5.74, 6) is 2.68. The Hall–Kier alpha value is -1.32. The maximum atomic E-state index is 4.61. The summed E-state index contributed by atoms with van der Waals surface area (Å²) in [6, 6.07) is 2.09. The molecular weight excluding hydrogens is 224 g/mol. The van der Waals surface area contributed by atoms with Crippen LogP contribution in [0, 0.1) is 12.8 Å². The first kappa shape index (κ1) is 13.1. The number of rotatable bonds is 6. The Morgan fingerprint density at radius 2 is 2.11 bits per heavy atom. The van der Waals surface area contributed by atoms with E-state index in [1.165, 1.54) is 19.3 Å². The van der Waals surface area contributed by atoms with Gasteiger partial charge in [-0.25, -0.2) is 4.98 Å². The molecule has 1 aliphatic rings. The molecule has 0 aromatic carbocycles. The molecule has 0 spiro atoms. The van der Waals surface area contributed by atoms with Gasteiger partial charge in [-0.2, -0.15) is 4.98 Å². The Bertz CT molecular complexity index is 387. The van der Waals surface area contributed by atoms with Crippen LogP contribution in [0.25, 0.3) is 0 Å². The van der Waals surface area contributed by atoms with E-state index in [4.69, 9.17) is 0 Å². The third-order valence-electron chi connectivity index (χ3n) is 3.58. The number of aromatic nitrogens is 2. The van der Waals surface area contributed by atoms with Crippen molar-refractivity contribution in [2.75, 3.05) is 29.9 Å². The smallest absolute Gasteiger partial charge is 0.224 e. The molecule has 1 saturated carbocycles. The van der Waals surface area contributed by atoms with Crippen LogP contribution < -0.4 is 10.2 Å². The van der Waals surface area contributed by atoms with Gasteiger partial charge in [0, 0.05) is 31.4 Å². The van der Waals surface area contributed by atoms with Gasteiger partial charge in [0.05, 0.1) is 0 Å². The van der Waals surface area contributed by atoms with Crippen molar-refractivity contribution >= 4 is 11.8 Å². The Morgan fingerprint density at radius 3 is 2.67 bits per heavy atom. The largest absolute Gasteiger partial charge is 0.356 e. The fraction of sp³-hybridized carbons (Fsp3) is 0.714. The second-order valence-corrected chi connectivity index (χ2v) is 5.06.